The minimum absolute atomic E-state index is 0.267. The summed E-state index contributed by atoms with van der Waals surface area (Å²) in [7, 11) is 0. The maximum absolute atomic E-state index is 11.2. The Morgan fingerprint density at radius 2 is 1.53 bits per heavy atom. The van der Waals surface area contributed by atoms with E-state index in [1.807, 2.05) is 0 Å². The Morgan fingerprint density at radius 1 is 1.00 bits per heavy atom. The number of alkyl halides is 1. The zero-order chi connectivity index (χ0) is 12.9. The van der Waals surface area contributed by atoms with Crippen molar-refractivity contribution in [2.24, 2.45) is 0 Å². The standard InChI is InChI=1S/C14H27ClO2/c1-3-5-6-7-8-9-10-11-12-13(15)14(16)17-4-2/h13H,3-12H2,1-2H3. The molecule has 102 valence electrons. The molecule has 0 bridgehead atoms. The molecule has 0 aliphatic heterocycles. The number of carbonyl (C=O) groups excluding carboxylic acids is 1. The second-order valence-corrected chi connectivity index (χ2v) is 5.01. The maximum Gasteiger partial charge on any atom is 0.324 e. The number of hydrogen-bond acceptors (Lipinski definition) is 2. The number of rotatable bonds is 11. The maximum atomic E-state index is 11.2. The van der Waals surface area contributed by atoms with E-state index in [1.165, 1.54) is 44.9 Å². The largest absolute Gasteiger partial charge is 0.465 e. The molecule has 1 atom stereocenters. The molecule has 2 nitrogen and oxygen atoms in total. The molecule has 17 heavy (non-hydrogen) atoms. The quantitative estimate of drug-likeness (QED) is 0.307. The molecule has 0 aliphatic rings. The first-order chi connectivity index (χ1) is 8.22. The van der Waals surface area contributed by atoms with Crippen LogP contribution in [0.25, 0.3) is 0 Å². The number of unbranched alkanes of at least 4 members (excludes halogenated alkanes) is 7. The van der Waals surface area contributed by atoms with E-state index in [1.54, 1.807) is 6.92 Å². The van der Waals surface area contributed by atoms with Gasteiger partial charge in [-0.1, -0.05) is 58.3 Å². The van der Waals surface area contributed by atoms with Crippen LogP contribution in [0.1, 0.15) is 71.6 Å². The molecule has 0 aromatic rings. The lowest BCUT2D eigenvalue weighted by atomic mass is 10.1. The van der Waals surface area contributed by atoms with E-state index in [2.05, 4.69) is 6.92 Å². The van der Waals surface area contributed by atoms with Gasteiger partial charge in [0, 0.05) is 0 Å². The van der Waals surface area contributed by atoms with Crippen LogP contribution in [0, 0.1) is 0 Å². The molecule has 0 radical (unpaired) electrons. The summed E-state index contributed by atoms with van der Waals surface area (Å²) >= 11 is 5.92. The van der Waals surface area contributed by atoms with E-state index in [9.17, 15) is 4.79 Å². The Labute approximate surface area is 111 Å². The first-order valence-electron chi connectivity index (χ1n) is 7.03. The summed E-state index contributed by atoms with van der Waals surface area (Å²) in [6.45, 7) is 4.45. The van der Waals surface area contributed by atoms with Gasteiger partial charge in [-0.25, -0.2) is 0 Å². The van der Waals surface area contributed by atoms with E-state index < -0.39 is 5.38 Å². The van der Waals surface area contributed by atoms with Gasteiger partial charge in [-0.3, -0.25) is 4.79 Å². The second-order valence-electron chi connectivity index (χ2n) is 4.48. The van der Waals surface area contributed by atoms with Gasteiger partial charge in [0.05, 0.1) is 6.61 Å². The van der Waals surface area contributed by atoms with Crippen molar-refractivity contribution < 1.29 is 9.53 Å². The summed E-state index contributed by atoms with van der Waals surface area (Å²) in [4.78, 5) is 11.2. The fraction of sp³-hybridized carbons (Fsp3) is 0.929. The van der Waals surface area contributed by atoms with Crippen LogP contribution in [0.4, 0.5) is 0 Å². The van der Waals surface area contributed by atoms with Crippen molar-refractivity contribution in [3.05, 3.63) is 0 Å². The monoisotopic (exact) mass is 262 g/mol. The van der Waals surface area contributed by atoms with Crippen LogP contribution in [-0.2, 0) is 9.53 Å². The first kappa shape index (κ1) is 16.8. The van der Waals surface area contributed by atoms with E-state index in [0.29, 0.717) is 6.61 Å². The molecule has 0 fully saturated rings. The van der Waals surface area contributed by atoms with Crippen LogP contribution in [0.5, 0.6) is 0 Å². The van der Waals surface area contributed by atoms with Crippen molar-refractivity contribution in [3.63, 3.8) is 0 Å². The fourth-order valence-corrected chi connectivity index (χ4v) is 2.03. The summed E-state index contributed by atoms with van der Waals surface area (Å²) in [5.41, 5.74) is 0. The third-order valence-corrected chi connectivity index (χ3v) is 3.25. The van der Waals surface area contributed by atoms with Crippen LogP contribution in [-0.4, -0.2) is 18.0 Å². The predicted octanol–water partition coefficient (Wildman–Crippen LogP) is 4.69. The van der Waals surface area contributed by atoms with Crippen LogP contribution in [0.15, 0.2) is 0 Å². The molecule has 1 unspecified atom stereocenters. The first-order valence-corrected chi connectivity index (χ1v) is 7.46. The number of esters is 1. The molecule has 3 heteroatoms. The molecule has 0 aromatic carbocycles. The topological polar surface area (TPSA) is 26.3 Å². The molecule has 0 rings (SSSR count). The highest BCUT2D eigenvalue weighted by Gasteiger charge is 2.15. The predicted molar refractivity (Wildman–Crippen MR) is 73.5 cm³/mol. The van der Waals surface area contributed by atoms with Gasteiger partial charge in [-0.05, 0) is 13.3 Å². The van der Waals surface area contributed by atoms with Gasteiger partial charge < -0.3 is 4.74 Å². The molecule has 0 heterocycles. The smallest absolute Gasteiger partial charge is 0.324 e. The molecule has 0 aromatic heterocycles. The Morgan fingerprint density at radius 3 is 2.06 bits per heavy atom. The SMILES string of the molecule is CCCCCCCCCCC(Cl)C(=O)OCC. The van der Waals surface area contributed by atoms with Crippen molar-refractivity contribution in [2.45, 2.75) is 77.0 Å². The highest BCUT2D eigenvalue weighted by molar-refractivity contribution is 6.29. The van der Waals surface area contributed by atoms with E-state index in [0.717, 1.165) is 12.8 Å². The van der Waals surface area contributed by atoms with Crippen LogP contribution in [0.3, 0.4) is 0 Å². The highest BCUT2D eigenvalue weighted by atomic mass is 35.5. The molecule has 0 aliphatic carbocycles. The number of ether oxygens (including phenoxy) is 1. The Hall–Kier alpha value is -0.240. The van der Waals surface area contributed by atoms with Crippen LogP contribution >= 0.6 is 11.6 Å². The van der Waals surface area contributed by atoms with Crippen LogP contribution < -0.4 is 0 Å². The summed E-state index contributed by atoms with van der Waals surface area (Å²) in [6.07, 6.45) is 10.9. The second kappa shape index (κ2) is 12.2. The lowest BCUT2D eigenvalue weighted by molar-refractivity contribution is -0.142. The average Bonchev–Trinajstić information content (AvgIpc) is 2.32. The summed E-state index contributed by atoms with van der Waals surface area (Å²) in [5.74, 6) is -0.267. The van der Waals surface area contributed by atoms with Gasteiger partial charge in [0.2, 0.25) is 0 Å². The fourth-order valence-electron chi connectivity index (χ4n) is 1.81. The van der Waals surface area contributed by atoms with E-state index in [-0.39, 0.29) is 5.97 Å². The molecule has 0 amide bonds. The van der Waals surface area contributed by atoms with E-state index >= 15 is 0 Å². The zero-order valence-electron chi connectivity index (χ0n) is 11.3. The van der Waals surface area contributed by atoms with E-state index in [4.69, 9.17) is 16.3 Å². The van der Waals surface area contributed by atoms with Crippen molar-refractivity contribution in [2.75, 3.05) is 6.61 Å². The lowest BCUT2D eigenvalue weighted by Crippen LogP contribution is -2.17. The normalized spacial score (nSPS) is 12.4. The highest BCUT2D eigenvalue weighted by Crippen LogP contribution is 2.13. The summed E-state index contributed by atoms with van der Waals surface area (Å²) in [6, 6.07) is 0. The molecular formula is C14H27ClO2. The van der Waals surface area contributed by atoms with Gasteiger partial charge >= 0.3 is 5.97 Å². The van der Waals surface area contributed by atoms with Gasteiger partial charge in [0.1, 0.15) is 5.38 Å². The number of hydrogen-bond donors (Lipinski definition) is 0. The third-order valence-electron chi connectivity index (χ3n) is 2.85. The Bertz CT molecular complexity index is 183. The van der Waals surface area contributed by atoms with Crippen molar-refractivity contribution in [3.8, 4) is 0 Å². The lowest BCUT2D eigenvalue weighted by Gasteiger charge is -2.08. The Kier molecular flexibility index (Phi) is 12.1. The molecule has 0 N–H and O–H groups in total. The van der Waals surface area contributed by atoms with Crippen molar-refractivity contribution >= 4 is 17.6 Å². The molecular weight excluding hydrogens is 236 g/mol. The Balaban J connectivity index is 3.24. The number of halogens is 1. The molecule has 0 spiro atoms. The van der Waals surface area contributed by atoms with Crippen molar-refractivity contribution in [1.82, 2.24) is 0 Å². The van der Waals surface area contributed by atoms with Gasteiger partial charge in [0.15, 0.2) is 0 Å². The molecule has 0 saturated heterocycles. The van der Waals surface area contributed by atoms with Crippen LogP contribution in [0.2, 0.25) is 0 Å². The molecule has 0 saturated carbocycles. The van der Waals surface area contributed by atoms with Gasteiger partial charge in [-0.15, -0.1) is 11.6 Å². The average molecular weight is 263 g/mol. The van der Waals surface area contributed by atoms with Crippen molar-refractivity contribution in [1.29, 1.82) is 0 Å². The van der Waals surface area contributed by atoms with Gasteiger partial charge in [-0.2, -0.15) is 0 Å². The third kappa shape index (κ3) is 10.6. The zero-order valence-corrected chi connectivity index (χ0v) is 12.1. The number of carbonyl (C=O) groups is 1. The minimum atomic E-state index is -0.449. The van der Waals surface area contributed by atoms with Gasteiger partial charge in [0.25, 0.3) is 0 Å². The summed E-state index contributed by atoms with van der Waals surface area (Å²) in [5, 5.41) is -0.449. The minimum Gasteiger partial charge on any atom is -0.465 e. The summed E-state index contributed by atoms with van der Waals surface area (Å²) < 4.78 is 4.86.